The van der Waals surface area contributed by atoms with Gasteiger partial charge in [-0.2, -0.15) is 9.97 Å². The molecule has 1 aliphatic carbocycles. The first-order valence-electron chi connectivity index (χ1n) is 22.3. The first-order valence-corrected chi connectivity index (χ1v) is 22.3. The molecule has 0 bridgehead atoms. The van der Waals surface area contributed by atoms with Crippen LogP contribution < -0.4 is 0 Å². The molecule has 11 aromatic rings. The minimum absolute atomic E-state index is 0.136. The summed E-state index contributed by atoms with van der Waals surface area (Å²) < 4.78 is 2.28. The van der Waals surface area contributed by atoms with E-state index in [0.717, 1.165) is 49.8 Å². The van der Waals surface area contributed by atoms with Crippen LogP contribution in [0.2, 0.25) is 0 Å². The summed E-state index contributed by atoms with van der Waals surface area (Å²) in [5.74, 6) is 1.80. The summed E-state index contributed by atoms with van der Waals surface area (Å²) in [6.07, 6.45) is 0. The molecule has 0 aliphatic heterocycles. The molecule has 0 amide bonds. The first kappa shape index (κ1) is 38.9. The minimum atomic E-state index is -0.136. The molecule has 306 valence electrons. The Labute approximate surface area is 374 Å². The molecule has 0 radical (unpaired) electrons. The van der Waals surface area contributed by atoms with Crippen molar-refractivity contribution in [2.24, 2.45) is 0 Å². The van der Waals surface area contributed by atoms with Crippen LogP contribution in [0, 0.1) is 0 Å². The molecule has 0 fully saturated rings. The van der Waals surface area contributed by atoms with E-state index in [1.54, 1.807) is 0 Å². The van der Waals surface area contributed by atoms with E-state index >= 15 is 0 Å². The highest BCUT2D eigenvalue weighted by Crippen LogP contribution is 2.50. The van der Waals surface area contributed by atoms with Crippen LogP contribution in [0.1, 0.15) is 38.8 Å². The molecule has 9 aromatic carbocycles. The highest BCUT2D eigenvalue weighted by molar-refractivity contribution is 6.23. The number of hydrogen-bond acceptors (Lipinski definition) is 3. The van der Waals surface area contributed by atoms with E-state index < -0.39 is 0 Å². The Bertz CT molecular complexity index is 3410. The van der Waals surface area contributed by atoms with Crippen LogP contribution in [-0.2, 0) is 5.41 Å². The monoisotopic (exact) mass is 822 g/mol. The predicted octanol–water partition coefficient (Wildman–Crippen LogP) is 15.8. The first-order chi connectivity index (χ1) is 31.5. The predicted molar refractivity (Wildman–Crippen MR) is 268 cm³/mol. The van der Waals surface area contributed by atoms with Crippen molar-refractivity contribution >= 4 is 32.6 Å². The fraction of sp³-hybridized carbons (Fsp3) is 0.0833. The van der Waals surface area contributed by atoms with Crippen molar-refractivity contribution in [3.05, 3.63) is 217 Å². The molecule has 12 rings (SSSR count). The Morgan fingerprint density at radius 1 is 0.375 bits per heavy atom. The van der Waals surface area contributed by atoms with E-state index in [4.69, 9.17) is 15.0 Å². The van der Waals surface area contributed by atoms with Crippen LogP contribution in [-0.4, -0.2) is 19.5 Å². The summed E-state index contributed by atoms with van der Waals surface area (Å²) in [5.41, 5.74) is 16.0. The van der Waals surface area contributed by atoms with E-state index in [1.165, 1.54) is 49.5 Å². The van der Waals surface area contributed by atoms with Crippen LogP contribution in [0.25, 0.3) is 106 Å². The summed E-state index contributed by atoms with van der Waals surface area (Å²) in [7, 11) is 0. The summed E-state index contributed by atoms with van der Waals surface area (Å²) in [6, 6.07) is 73.7. The highest BCUT2D eigenvalue weighted by Gasteiger charge is 2.35. The highest BCUT2D eigenvalue weighted by atomic mass is 15.2. The zero-order valence-corrected chi connectivity index (χ0v) is 36.4. The third kappa shape index (κ3) is 6.41. The molecule has 1 aliphatic rings. The lowest BCUT2D eigenvalue weighted by Crippen LogP contribution is -2.14. The maximum atomic E-state index is 5.40. The average molecular weight is 823 g/mol. The van der Waals surface area contributed by atoms with Crippen molar-refractivity contribution in [3.8, 4) is 73.2 Å². The molecule has 0 spiro atoms. The number of para-hydroxylation sites is 1. The van der Waals surface area contributed by atoms with Crippen LogP contribution >= 0.6 is 0 Å². The minimum Gasteiger partial charge on any atom is -0.277 e. The topological polar surface area (TPSA) is 43.6 Å². The van der Waals surface area contributed by atoms with Crippen molar-refractivity contribution < 1.29 is 0 Å². The van der Waals surface area contributed by atoms with Gasteiger partial charge in [-0.15, -0.1) is 0 Å². The summed E-state index contributed by atoms with van der Waals surface area (Å²) >= 11 is 0. The SMILES string of the molecule is CC.CC1(C)c2ccccc2-c2ccc(-c3cccc4c5c6ccccc6ccc5n(-c5nc(-c6ccc(-c7ccccc7)cc6)nc(-c6ccc(-c7ccccc7)cc6)n5)c34)cc21. The molecule has 0 unspecified atom stereocenters. The number of rotatable bonds is 6. The van der Waals surface area contributed by atoms with Crippen LogP contribution in [0.15, 0.2) is 206 Å². The second-order valence-corrected chi connectivity index (χ2v) is 16.8. The molecular formula is C60H46N4. The van der Waals surface area contributed by atoms with Crippen molar-refractivity contribution in [2.45, 2.75) is 33.1 Å². The number of hydrogen-bond donors (Lipinski definition) is 0. The Balaban J connectivity index is 0.00000225. The molecule has 2 heterocycles. The van der Waals surface area contributed by atoms with Gasteiger partial charge in [-0.3, -0.25) is 4.57 Å². The van der Waals surface area contributed by atoms with Gasteiger partial charge in [0, 0.05) is 32.9 Å². The van der Waals surface area contributed by atoms with Gasteiger partial charge in [0.1, 0.15) is 0 Å². The van der Waals surface area contributed by atoms with Crippen LogP contribution in [0.3, 0.4) is 0 Å². The third-order valence-corrected chi connectivity index (χ3v) is 12.9. The zero-order chi connectivity index (χ0) is 43.4. The van der Waals surface area contributed by atoms with Crippen LogP contribution in [0.4, 0.5) is 0 Å². The summed E-state index contributed by atoms with van der Waals surface area (Å²) in [5, 5.41) is 4.71. The van der Waals surface area contributed by atoms with E-state index in [1.807, 2.05) is 26.0 Å². The summed E-state index contributed by atoms with van der Waals surface area (Å²) in [6.45, 7) is 8.69. The molecule has 0 atom stereocenters. The van der Waals surface area contributed by atoms with E-state index in [-0.39, 0.29) is 5.41 Å². The average Bonchev–Trinajstić information content (AvgIpc) is 3.83. The molecule has 0 saturated carbocycles. The standard InChI is InChI=1S/C58H40N4.C2H6/c1-58(2)50-23-12-11-20-47(50)48-34-32-44(36-51(48)58)46-21-13-22-49-53-45-19-10-9-18-41(45)33-35-52(53)62(54(46)49)57-60-55(42-28-24-39(25-29-42)37-14-5-3-6-15-37)59-56(61-57)43-30-26-40(27-31-43)38-16-7-4-8-17-38;1-2/h3-36H,1-2H3;1-2H3. The number of nitrogens with zero attached hydrogens (tertiary/aromatic N) is 4. The second-order valence-electron chi connectivity index (χ2n) is 16.8. The maximum absolute atomic E-state index is 5.40. The van der Waals surface area contributed by atoms with Gasteiger partial charge in [0.15, 0.2) is 11.6 Å². The van der Waals surface area contributed by atoms with Gasteiger partial charge in [0.05, 0.1) is 11.0 Å². The molecule has 4 heteroatoms. The van der Waals surface area contributed by atoms with Gasteiger partial charge in [0.2, 0.25) is 5.95 Å². The van der Waals surface area contributed by atoms with E-state index in [2.05, 4.69) is 213 Å². The fourth-order valence-corrected chi connectivity index (χ4v) is 9.76. The van der Waals surface area contributed by atoms with Gasteiger partial charge < -0.3 is 0 Å². The zero-order valence-electron chi connectivity index (χ0n) is 36.4. The third-order valence-electron chi connectivity index (χ3n) is 12.9. The molecular weight excluding hydrogens is 777 g/mol. The van der Waals surface area contributed by atoms with Gasteiger partial charge in [-0.1, -0.05) is 222 Å². The summed E-state index contributed by atoms with van der Waals surface area (Å²) in [4.78, 5) is 16.0. The fourth-order valence-electron chi connectivity index (χ4n) is 9.76. The number of benzene rings is 9. The largest absolute Gasteiger partial charge is 0.277 e. The number of aromatic nitrogens is 4. The van der Waals surface area contributed by atoms with Gasteiger partial charge >= 0.3 is 0 Å². The molecule has 0 N–H and O–H groups in total. The van der Waals surface area contributed by atoms with Crippen molar-refractivity contribution in [1.29, 1.82) is 0 Å². The second kappa shape index (κ2) is 15.7. The Hall–Kier alpha value is -7.95. The molecule has 4 nitrogen and oxygen atoms in total. The lowest BCUT2D eigenvalue weighted by atomic mass is 9.81. The van der Waals surface area contributed by atoms with Crippen molar-refractivity contribution in [1.82, 2.24) is 19.5 Å². The van der Waals surface area contributed by atoms with Crippen LogP contribution in [0.5, 0.6) is 0 Å². The van der Waals surface area contributed by atoms with Gasteiger partial charge in [0.25, 0.3) is 0 Å². The van der Waals surface area contributed by atoms with Gasteiger partial charge in [-0.25, -0.2) is 4.98 Å². The van der Waals surface area contributed by atoms with Crippen molar-refractivity contribution in [3.63, 3.8) is 0 Å². The Morgan fingerprint density at radius 2 is 0.875 bits per heavy atom. The normalized spacial score (nSPS) is 12.5. The van der Waals surface area contributed by atoms with Crippen molar-refractivity contribution in [2.75, 3.05) is 0 Å². The Morgan fingerprint density at radius 3 is 1.53 bits per heavy atom. The maximum Gasteiger partial charge on any atom is 0.238 e. The van der Waals surface area contributed by atoms with E-state index in [9.17, 15) is 0 Å². The number of fused-ring (bicyclic) bond motifs is 8. The molecule has 2 aromatic heterocycles. The lowest BCUT2D eigenvalue weighted by molar-refractivity contribution is 0.660. The van der Waals surface area contributed by atoms with Gasteiger partial charge in [-0.05, 0) is 73.0 Å². The Kier molecular flexibility index (Phi) is 9.58. The quantitative estimate of drug-likeness (QED) is 0.168. The molecule has 64 heavy (non-hydrogen) atoms. The lowest BCUT2D eigenvalue weighted by Gasteiger charge is -2.22. The van der Waals surface area contributed by atoms with E-state index in [0.29, 0.717) is 17.6 Å². The smallest absolute Gasteiger partial charge is 0.238 e. The molecule has 0 saturated heterocycles.